The standard InChI is InChI=1S/C18H17N3O4S.CH2O2/c19-6-5-12-10-21(16-2-1-7-20-18(12)16)26(23,24)15-3-4-17-13(9-15)8-14(22)11-25-17;2-1-3/h1-4,7,9-10H,5-6,8,11,19H2;1H,(H,2,3). The molecule has 0 bridgehead atoms. The molecule has 0 spiro atoms. The second kappa shape index (κ2) is 8.41. The van der Waals surface area contributed by atoms with Gasteiger partial charge in [-0.2, -0.15) is 0 Å². The summed E-state index contributed by atoms with van der Waals surface area (Å²) in [6.07, 6.45) is 3.90. The number of nitrogens with zero attached hydrogens (tertiary/aromatic N) is 2. The van der Waals surface area contributed by atoms with Gasteiger partial charge in [-0.3, -0.25) is 14.6 Å². The van der Waals surface area contributed by atoms with Gasteiger partial charge in [-0.15, -0.1) is 0 Å². The predicted molar refractivity (Wildman–Crippen MR) is 104 cm³/mol. The topological polar surface area (TPSA) is 142 Å². The number of aromatic nitrogens is 2. The number of ketones is 1. The smallest absolute Gasteiger partial charge is 0.290 e. The Morgan fingerprint density at radius 3 is 2.79 bits per heavy atom. The van der Waals surface area contributed by atoms with Gasteiger partial charge in [-0.1, -0.05) is 0 Å². The number of fused-ring (bicyclic) bond motifs is 2. The Morgan fingerprint density at radius 2 is 2.07 bits per heavy atom. The van der Waals surface area contributed by atoms with Gasteiger partial charge in [0, 0.05) is 24.4 Å². The van der Waals surface area contributed by atoms with Crippen LogP contribution in [0.3, 0.4) is 0 Å². The van der Waals surface area contributed by atoms with E-state index in [-0.39, 0.29) is 30.2 Å². The molecule has 29 heavy (non-hydrogen) atoms. The summed E-state index contributed by atoms with van der Waals surface area (Å²) in [5.74, 6) is 0.472. The molecule has 1 aliphatic rings. The number of pyridine rings is 1. The number of ether oxygens (including phenoxy) is 1. The number of carbonyl (C=O) groups is 2. The van der Waals surface area contributed by atoms with Crippen molar-refractivity contribution < 1.29 is 27.9 Å². The molecule has 0 atom stereocenters. The van der Waals surface area contributed by atoms with Crippen LogP contribution in [0.1, 0.15) is 11.1 Å². The van der Waals surface area contributed by atoms with Gasteiger partial charge >= 0.3 is 0 Å². The van der Waals surface area contributed by atoms with Crippen molar-refractivity contribution in [3.8, 4) is 5.75 Å². The zero-order valence-electron chi connectivity index (χ0n) is 15.3. The maximum Gasteiger partial charge on any atom is 0.290 e. The molecule has 0 fully saturated rings. The molecule has 1 aliphatic heterocycles. The van der Waals surface area contributed by atoms with Crippen LogP contribution in [-0.2, 0) is 32.5 Å². The minimum absolute atomic E-state index is 0.0233. The molecule has 152 valence electrons. The molecule has 0 saturated heterocycles. The van der Waals surface area contributed by atoms with Gasteiger partial charge in [-0.25, -0.2) is 12.4 Å². The van der Waals surface area contributed by atoms with Crippen molar-refractivity contribution in [2.24, 2.45) is 5.73 Å². The fourth-order valence-electron chi connectivity index (χ4n) is 3.16. The molecule has 4 rings (SSSR count). The van der Waals surface area contributed by atoms with Crippen LogP contribution in [0, 0.1) is 0 Å². The number of carboxylic acid groups (broad SMARTS) is 1. The van der Waals surface area contributed by atoms with Crippen LogP contribution in [0.25, 0.3) is 11.0 Å². The summed E-state index contributed by atoms with van der Waals surface area (Å²) in [6, 6.07) is 8.01. The number of Topliss-reactive ketones (excluding diaryl/α,β-unsaturated/α-hetero) is 1. The fraction of sp³-hybridized carbons (Fsp3) is 0.211. The van der Waals surface area contributed by atoms with Crippen molar-refractivity contribution in [3.05, 3.63) is 53.9 Å². The molecule has 0 aliphatic carbocycles. The van der Waals surface area contributed by atoms with Crippen molar-refractivity contribution in [1.82, 2.24) is 8.96 Å². The van der Waals surface area contributed by atoms with Gasteiger partial charge in [0.1, 0.15) is 12.4 Å². The summed E-state index contributed by atoms with van der Waals surface area (Å²) in [7, 11) is -3.85. The monoisotopic (exact) mass is 417 g/mol. The fourth-order valence-corrected chi connectivity index (χ4v) is 4.59. The summed E-state index contributed by atoms with van der Waals surface area (Å²) in [5, 5.41) is 6.89. The van der Waals surface area contributed by atoms with Gasteiger partial charge in [0.25, 0.3) is 16.5 Å². The van der Waals surface area contributed by atoms with Crippen LogP contribution >= 0.6 is 0 Å². The lowest BCUT2D eigenvalue weighted by atomic mass is 10.1. The van der Waals surface area contributed by atoms with Crippen LogP contribution in [0.2, 0.25) is 0 Å². The summed E-state index contributed by atoms with van der Waals surface area (Å²) in [6.45, 7) is 0.170. The Bertz CT molecular complexity index is 1170. The average Bonchev–Trinajstić information content (AvgIpc) is 3.08. The molecule has 3 aromatic rings. The van der Waals surface area contributed by atoms with E-state index < -0.39 is 10.0 Å². The molecular formula is C19H19N3O6S. The van der Waals surface area contributed by atoms with E-state index in [1.54, 1.807) is 30.6 Å². The molecular weight excluding hydrogens is 398 g/mol. The van der Waals surface area contributed by atoms with Crippen molar-refractivity contribution in [1.29, 1.82) is 0 Å². The highest BCUT2D eigenvalue weighted by Crippen LogP contribution is 2.29. The first-order valence-electron chi connectivity index (χ1n) is 8.68. The largest absolute Gasteiger partial charge is 0.486 e. The molecule has 0 radical (unpaired) electrons. The van der Waals surface area contributed by atoms with E-state index in [1.165, 1.54) is 16.1 Å². The third-order valence-electron chi connectivity index (χ3n) is 4.38. The molecule has 10 heteroatoms. The number of carbonyl (C=O) groups excluding carboxylic acids is 1. The Morgan fingerprint density at radius 1 is 1.31 bits per heavy atom. The Balaban J connectivity index is 0.000000755. The highest BCUT2D eigenvalue weighted by molar-refractivity contribution is 7.90. The second-order valence-corrected chi connectivity index (χ2v) is 8.06. The van der Waals surface area contributed by atoms with E-state index in [4.69, 9.17) is 20.4 Å². The minimum Gasteiger partial charge on any atom is -0.486 e. The van der Waals surface area contributed by atoms with Gasteiger partial charge in [0.05, 0.1) is 15.9 Å². The van der Waals surface area contributed by atoms with E-state index in [0.29, 0.717) is 35.3 Å². The first-order chi connectivity index (χ1) is 13.9. The van der Waals surface area contributed by atoms with Gasteiger partial charge in [-0.05, 0) is 48.9 Å². The lowest BCUT2D eigenvalue weighted by Gasteiger charge is -2.17. The van der Waals surface area contributed by atoms with Crippen molar-refractivity contribution in [2.45, 2.75) is 17.7 Å². The predicted octanol–water partition coefficient (Wildman–Crippen LogP) is 0.979. The van der Waals surface area contributed by atoms with E-state index >= 15 is 0 Å². The molecule has 3 heterocycles. The third kappa shape index (κ3) is 3.98. The van der Waals surface area contributed by atoms with Gasteiger partial charge < -0.3 is 15.6 Å². The second-order valence-electron chi connectivity index (χ2n) is 6.24. The van der Waals surface area contributed by atoms with Crippen LogP contribution in [0.4, 0.5) is 0 Å². The lowest BCUT2D eigenvalue weighted by molar-refractivity contribution is -0.123. The van der Waals surface area contributed by atoms with Gasteiger partial charge in [0.2, 0.25) is 0 Å². The summed E-state index contributed by atoms with van der Waals surface area (Å²) < 4.78 is 33.0. The highest BCUT2D eigenvalue weighted by atomic mass is 32.2. The number of rotatable bonds is 4. The summed E-state index contributed by atoms with van der Waals surface area (Å²) in [5.41, 5.74) is 8.13. The van der Waals surface area contributed by atoms with Crippen LogP contribution in [0.5, 0.6) is 5.75 Å². The Labute approximate surface area is 166 Å². The maximum absolute atomic E-state index is 13.2. The number of hydrogen-bond donors (Lipinski definition) is 2. The summed E-state index contributed by atoms with van der Waals surface area (Å²) >= 11 is 0. The van der Waals surface area contributed by atoms with E-state index in [2.05, 4.69) is 4.98 Å². The van der Waals surface area contributed by atoms with E-state index in [1.807, 2.05) is 0 Å². The number of nitrogens with two attached hydrogens (primary N) is 1. The van der Waals surface area contributed by atoms with Crippen molar-refractivity contribution in [2.75, 3.05) is 13.2 Å². The quantitative estimate of drug-likeness (QED) is 0.598. The molecule has 1 aromatic carbocycles. The number of hydrogen-bond acceptors (Lipinski definition) is 7. The SMILES string of the molecule is NCCc1cn(S(=O)(=O)c2ccc3c(c2)CC(=O)CO3)c2cccnc12.O=CO. The maximum atomic E-state index is 13.2. The first-order valence-corrected chi connectivity index (χ1v) is 10.1. The highest BCUT2D eigenvalue weighted by Gasteiger charge is 2.25. The average molecular weight is 417 g/mol. The number of benzene rings is 1. The Kier molecular flexibility index (Phi) is 5.95. The molecule has 2 aromatic heterocycles. The lowest BCUT2D eigenvalue weighted by Crippen LogP contribution is -2.21. The third-order valence-corrected chi connectivity index (χ3v) is 6.05. The normalized spacial score (nSPS) is 13.2. The van der Waals surface area contributed by atoms with Crippen LogP contribution < -0.4 is 10.5 Å². The first kappa shape index (κ1) is 20.5. The van der Waals surface area contributed by atoms with Gasteiger partial charge in [0.15, 0.2) is 5.78 Å². The Hall–Kier alpha value is -3.24. The molecule has 0 unspecified atom stereocenters. The van der Waals surface area contributed by atoms with Crippen molar-refractivity contribution >= 4 is 33.3 Å². The minimum atomic E-state index is -3.85. The van der Waals surface area contributed by atoms with E-state index in [0.717, 1.165) is 5.56 Å². The van der Waals surface area contributed by atoms with Crippen LogP contribution in [0.15, 0.2) is 47.6 Å². The van der Waals surface area contributed by atoms with E-state index in [9.17, 15) is 13.2 Å². The van der Waals surface area contributed by atoms with Crippen LogP contribution in [-0.4, -0.2) is 47.9 Å². The zero-order chi connectivity index (χ0) is 21.0. The molecule has 0 saturated carbocycles. The molecule has 3 N–H and O–H groups in total. The zero-order valence-corrected chi connectivity index (χ0v) is 16.1. The summed E-state index contributed by atoms with van der Waals surface area (Å²) in [4.78, 5) is 24.4. The molecule has 9 nitrogen and oxygen atoms in total. The molecule has 0 amide bonds. The van der Waals surface area contributed by atoms with Crippen molar-refractivity contribution in [3.63, 3.8) is 0 Å².